The van der Waals surface area contributed by atoms with Crippen LogP contribution >= 0.6 is 0 Å². The summed E-state index contributed by atoms with van der Waals surface area (Å²) in [5.74, 6) is -0.654. The van der Waals surface area contributed by atoms with Crippen LogP contribution in [0.5, 0.6) is 5.75 Å². The second kappa shape index (κ2) is 7.45. The van der Waals surface area contributed by atoms with Crippen molar-refractivity contribution in [3.05, 3.63) is 95.3 Å². The number of pyridine rings is 1. The Morgan fingerprint density at radius 3 is 1.96 bits per heavy atom. The first-order chi connectivity index (χ1) is 12.1. The molecule has 0 radical (unpaired) electrons. The van der Waals surface area contributed by atoms with E-state index in [0.29, 0.717) is 12.1 Å². The van der Waals surface area contributed by atoms with Crippen molar-refractivity contribution in [3.8, 4) is 5.75 Å². The number of benzene rings is 2. The molecule has 0 spiro atoms. The normalized spacial score (nSPS) is 10.9. The van der Waals surface area contributed by atoms with Gasteiger partial charge in [-0.1, -0.05) is 36.4 Å². The maximum Gasteiger partial charge on any atom is 0.335 e. The lowest BCUT2D eigenvalue weighted by Gasteiger charge is -2.00. The summed E-state index contributed by atoms with van der Waals surface area (Å²) in [6, 6.07) is 18.0. The summed E-state index contributed by atoms with van der Waals surface area (Å²) < 4.78 is 2.04. The van der Waals surface area contributed by atoms with Gasteiger partial charge in [0.25, 0.3) is 0 Å². The van der Waals surface area contributed by atoms with Crippen molar-refractivity contribution in [1.82, 2.24) is 0 Å². The van der Waals surface area contributed by atoms with E-state index in [4.69, 9.17) is 5.11 Å². The average Bonchev–Trinajstić information content (AvgIpc) is 2.63. The van der Waals surface area contributed by atoms with Gasteiger partial charge in [-0.05, 0) is 35.4 Å². The van der Waals surface area contributed by atoms with Crippen molar-refractivity contribution in [3.63, 3.8) is 0 Å². The third kappa shape index (κ3) is 4.54. The van der Waals surface area contributed by atoms with Crippen LogP contribution in [-0.4, -0.2) is 16.2 Å². The number of hydrogen-bond donors (Lipinski definition) is 2. The van der Waals surface area contributed by atoms with Crippen LogP contribution in [-0.2, 0) is 6.54 Å². The van der Waals surface area contributed by atoms with Gasteiger partial charge in [-0.15, -0.1) is 0 Å². The fraction of sp³-hybridized carbons (Fsp3) is 0.0476. The van der Waals surface area contributed by atoms with Crippen molar-refractivity contribution >= 4 is 18.1 Å². The Balaban J connectivity index is 1.65. The highest BCUT2D eigenvalue weighted by atomic mass is 16.4. The monoisotopic (exact) mass is 332 g/mol. The minimum absolute atomic E-state index is 0.259. The molecule has 1 heterocycles. The fourth-order valence-corrected chi connectivity index (χ4v) is 2.43. The SMILES string of the molecule is O=C(O)c1ccc(C[n+]2ccc(/C=C\c3ccc(O)cc3)cc2)cc1. The zero-order valence-electron chi connectivity index (χ0n) is 13.5. The molecule has 4 heteroatoms. The average molecular weight is 332 g/mol. The van der Waals surface area contributed by atoms with Crippen LogP contribution in [0, 0.1) is 0 Å². The molecule has 3 aromatic rings. The molecule has 0 saturated heterocycles. The minimum Gasteiger partial charge on any atom is -0.508 e. The number of aromatic carboxylic acids is 1. The van der Waals surface area contributed by atoms with Gasteiger partial charge < -0.3 is 10.2 Å². The Morgan fingerprint density at radius 2 is 1.40 bits per heavy atom. The van der Waals surface area contributed by atoms with Crippen LogP contribution in [0.15, 0.2) is 73.1 Å². The largest absolute Gasteiger partial charge is 0.508 e. The zero-order chi connectivity index (χ0) is 17.6. The molecule has 0 aliphatic rings. The van der Waals surface area contributed by atoms with E-state index >= 15 is 0 Å². The van der Waals surface area contributed by atoms with E-state index in [9.17, 15) is 9.90 Å². The Morgan fingerprint density at radius 1 is 0.840 bits per heavy atom. The van der Waals surface area contributed by atoms with Gasteiger partial charge in [0.05, 0.1) is 5.56 Å². The van der Waals surface area contributed by atoms with Crippen molar-refractivity contribution in [2.75, 3.05) is 0 Å². The summed E-state index contributed by atoms with van der Waals surface area (Å²) in [5.41, 5.74) is 3.43. The second-order valence-electron chi connectivity index (χ2n) is 5.73. The number of nitrogens with zero attached hydrogens (tertiary/aromatic N) is 1. The molecule has 0 saturated carbocycles. The molecule has 0 fully saturated rings. The minimum atomic E-state index is -0.913. The first-order valence-electron chi connectivity index (χ1n) is 7.88. The van der Waals surface area contributed by atoms with Crippen LogP contribution in [0.4, 0.5) is 0 Å². The number of carboxylic acids is 1. The molecule has 1 aromatic heterocycles. The molecule has 0 bridgehead atoms. The van der Waals surface area contributed by atoms with Crippen molar-refractivity contribution < 1.29 is 19.6 Å². The third-order valence-corrected chi connectivity index (χ3v) is 3.84. The fourth-order valence-electron chi connectivity index (χ4n) is 2.43. The predicted octanol–water partition coefficient (Wildman–Crippen LogP) is 3.60. The van der Waals surface area contributed by atoms with Gasteiger partial charge in [-0.3, -0.25) is 0 Å². The molecular formula is C21H18NO3+. The lowest BCUT2D eigenvalue weighted by Crippen LogP contribution is -2.33. The molecule has 0 aliphatic carbocycles. The van der Waals surface area contributed by atoms with E-state index in [2.05, 4.69) is 0 Å². The van der Waals surface area contributed by atoms with Crippen LogP contribution in [0.1, 0.15) is 27.0 Å². The maximum atomic E-state index is 10.9. The quantitative estimate of drug-likeness (QED) is 0.702. The Labute approximate surface area is 145 Å². The van der Waals surface area contributed by atoms with Crippen LogP contribution in [0.3, 0.4) is 0 Å². The molecule has 0 aliphatic heterocycles. The number of hydrogen-bond acceptors (Lipinski definition) is 2. The summed E-state index contributed by atoms with van der Waals surface area (Å²) in [7, 11) is 0. The summed E-state index contributed by atoms with van der Waals surface area (Å²) in [4.78, 5) is 10.9. The van der Waals surface area contributed by atoms with Crippen molar-refractivity contribution in [1.29, 1.82) is 0 Å². The molecule has 2 aromatic carbocycles. The van der Waals surface area contributed by atoms with E-state index in [0.717, 1.165) is 16.7 Å². The van der Waals surface area contributed by atoms with Gasteiger partial charge in [0.15, 0.2) is 18.9 Å². The molecular weight excluding hydrogens is 314 g/mol. The molecule has 25 heavy (non-hydrogen) atoms. The van der Waals surface area contributed by atoms with Gasteiger partial charge in [-0.25, -0.2) is 9.36 Å². The van der Waals surface area contributed by atoms with Crippen molar-refractivity contribution in [2.24, 2.45) is 0 Å². The first kappa shape index (κ1) is 16.5. The third-order valence-electron chi connectivity index (χ3n) is 3.84. The molecule has 4 nitrogen and oxygen atoms in total. The molecule has 2 N–H and O–H groups in total. The maximum absolute atomic E-state index is 10.9. The number of carbonyl (C=O) groups is 1. The van der Waals surface area contributed by atoms with Crippen LogP contribution in [0.2, 0.25) is 0 Å². The summed E-state index contributed by atoms with van der Waals surface area (Å²) >= 11 is 0. The lowest BCUT2D eigenvalue weighted by molar-refractivity contribution is -0.688. The van der Waals surface area contributed by atoms with Gasteiger partial charge in [0, 0.05) is 17.7 Å². The lowest BCUT2D eigenvalue weighted by atomic mass is 10.1. The summed E-state index contributed by atoms with van der Waals surface area (Å²) in [5, 5.41) is 18.2. The number of phenols is 1. The van der Waals surface area contributed by atoms with Gasteiger partial charge >= 0.3 is 5.97 Å². The van der Waals surface area contributed by atoms with E-state index in [1.165, 1.54) is 0 Å². The highest BCUT2D eigenvalue weighted by molar-refractivity contribution is 5.87. The van der Waals surface area contributed by atoms with E-state index < -0.39 is 5.97 Å². The van der Waals surface area contributed by atoms with Crippen LogP contribution in [0.25, 0.3) is 12.2 Å². The van der Waals surface area contributed by atoms with Gasteiger partial charge in [0.2, 0.25) is 0 Å². The number of carboxylic acid groups (broad SMARTS) is 1. The Bertz CT molecular complexity index is 880. The number of rotatable bonds is 5. The topological polar surface area (TPSA) is 61.4 Å². The zero-order valence-corrected chi connectivity index (χ0v) is 13.5. The summed E-state index contributed by atoms with van der Waals surface area (Å²) in [6.07, 6.45) is 7.98. The smallest absolute Gasteiger partial charge is 0.335 e. The number of aromatic hydroxyl groups is 1. The molecule has 0 unspecified atom stereocenters. The second-order valence-corrected chi connectivity index (χ2v) is 5.73. The molecule has 124 valence electrons. The molecule has 3 rings (SSSR count). The standard InChI is InChI=1S/C21H17NO3/c23-20-9-5-16(6-10-20)1-2-17-11-13-22(14-12-17)15-18-3-7-19(8-4-18)21(24)25/h1-14H,15H2,(H,24,25)/p+1. The highest BCUT2D eigenvalue weighted by Crippen LogP contribution is 2.12. The highest BCUT2D eigenvalue weighted by Gasteiger charge is 2.05. The summed E-state index contributed by atoms with van der Waals surface area (Å²) in [6.45, 7) is 0.682. The van der Waals surface area contributed by atoms with E-state index in [-0.39, 0.29) is 5.75 Å². The number of phenolic OH excluding ortho intramolecular Hbond substituents is 1. The van der Waals surface area contributed by atoms with Gasteiger partial charge in [0.1, 0.15) is 5.75 Å². The Hall–Kier alpha value is -3.40. The van der Waals surface area contributed by atoms with Gasteiger partial charge in [-0.2, -0.15) is 0 Å². The number of aromatic nitrogens is 1. The molecule has 0 atom stereocenters. The van der Waals surface area contributed by atoms with E-state index in [1.807, 2.05) is 65.5 Å². The first-order valence-corrected chi connectivity index (χ1v) is 7.88. The van der Waals surface area contributed by atoms with E-state index in [1.54, 1.807) is 24.3 Å². The van der Waals surface area contributed by atoms with Crippen molar-refractivity contribution in [2.45, 2.75) is 6.54 Å². The molecule has 0 amide bonds. The van der Waals surface area contributed by atoms with Crippen LogP contribution < -0.4 is 4.57 Å². The predicted molar refractivity (Wildman–Crippen MR) is 96.2 cm³/mol. The Kier molecular flexibility index (Phi) is 4.90.